The largest absolute Gasteiger partial charge is 0.387 e. The predicted molar refractivity (Wildman–Crippen MR) is 83.6 cm³/mol. The van der Waals surface area contributed by atoms with E-state index in [-0.39, 0.29) is 0 Å². The summed E-state index contributed by atoms with van der Waals surface area (Å²) < 4.78 is 0. The van der Waals surface area contributed by atoms with Crippen molar-refractivity contribution in [3.8, 4) is 0 Å². The van der Waals surface area contributed by atoms with Crippen LogP contribution in [0, 0.1) is 6.92 Å². The Morgan fingerprint density at radius 1 is 1.35 bits per heavy atom. The van der Waals surface area contributed by atoms with E-state index in [4.69, 9.17) is 5.73 Å². The fraction of sp³-hybridized carbons (Fsp3) is 0.400. The lowest BCUT2D eigenvalue weighted by molar-refractivity contribution is 0.113. The first kappa shape index (κ1) is 15.0. The molecular weight excluding hydrogens is 270 g/mol. The molecular formula is C15H21N3OS. The van der Waals surface area contributed by atoms with E-state index < -0.39 is 6.10 Å². The molecule has 2 rings (SSSR count). The topological polar surface area (TPSA) is 62.4 Å². The zero-order chi connectivity index (χ0) is 14.5. The molecule has 0 bridgehead atoms. The highest BCUT2D eigenvalue weighted by atomic mass is 32.1. The van der Waals surface area contributed by atoms with Crippen LogP contribution < -0.4 is 5.73 Å². The van der Waals surface area contributed by atoms with Crippen LogP contribution in [0.15, 0.2) is 30.5 Å². The molecule has 0 saturated carbocycles. The van der Waals surface area contributed by atoms with Crippen molar-refractivity contribution in [1.29, 1.82) is 0 Å². The summed E-state index contributed by atoms with van der Waals surface area (Å²) in [5.74, 6) is 0. The summed E-state index contributed by atoms with van der Waals surface area (Å²) in [6.07, 6.45) is 1.34. The van der Waals surface area contributed by atoms with Gasteiger partial charge in [-0.25, -0.2) is 4.98 Å². The third-order valence-electron chi connectivity index (χ3n) is 3.29. The standard InChI is InChI=1S/C15H21N3OS/c1-3-18(9-13-8-17-15(16)20-13)10-14(19)12-6-4-11(2)5-7-12/h4-8,14,19H,3,9-10H2,1-2H3,(H2,16,17). The third kappa shape index (κ3) is 4.03. The summed E-state index contributed by atoms with van der Waals surface area (Å²) in [5, 5.41) is 10.9. The number of likely N-dealkylation sites (N-methyl/N-ethyl adjacent to an activating group) is 1. The number of aryl methyl sites for hydroxylation is 1. The second kappa shape index (κ2) is 6.83. The maximum Gasteiger partial charge on any atom is 0.180 e. The number of aliphatic hydroxyl groups is 1. The Hall–Kier alpha value is -1.43. The van der Waals surface area contributed by atoms with Gasteiger partial charge in [0, 0.05) is 24.2 Å². The van der Waals surface area contributed by atoms with Crippen LogP contribution in [0.3, 0.4) is 0 Å². The number of hydrogen-bond acceptors (Lipinski definition) is 5. The summed E-state index contributed by atoms with van der Waals surface area (Å²) in [7, 11) is 0. The summed E-state index contributed by atoms with van der Waals surface area (Å²) in [6, 6.07) is 8.02. The second-order valence-electron chi connectivity index (χ2n) is 4.92. The number of rotatable bonds is 6. The Balaban J connectivity index is 1.96. The highest BCUT2D eigenvalue weighted by molar-refractivity contribution is 7.15. The van der Waals surface area contributed by atoms with Gasteiger partial charge in [0.05, 0.1) is 6.10 Å². The van der Waals surface area contributed by atoms with Gasteiger partial charge < -0.3 is 10.8 Å². The number of hydrogen-bond donors (Lipinski definition) is 2. The normalized spacial score (nSPS) is 12.8. The zero-order valence-corrected chi connectivity index (χ0v) is 12.7. The van der Waals surface area contributed by atoms with Gasteiger partial charge in [-0.2, -0.15) is 0 Å². The summed E-state index contributed by atoms with van der Waals surface area (Å²) in [4.78, 5) is 7.38. The number of nitrogens with two attached hydrogens (primary N) is 1. The Morgan fingerprint density at radius 2 is 2.05 bits per heavy atom. The van der Waals surface area contributed by atoms with Crippen molar-refractivity contribution in [3.05, 3.63) is 46.5 Å². The minimum Gasteiger partial charge on any atom is -0.387 e. The van der Waals surface area contributed by atoms with Crippen LogP contribution >= 0.6 is 11.3 Å². The lowest BCUT2D eigenvalue weighted by atomic mass is 10.1. The van der Waals surface area contributed by atoms with Crippen LogP contribution in [0.1, 0.15) is 29.0 Å². The minimum absolute atomic E-state index is 0.471. The van der Waals surface area contributed by atoms with Crippen molar-refractivity contribution in [2.24, 2.45) is 0 Å². The van der Waals surface area contributed by atoms with E-state index in [0.29, 0.717) is 11.7 Å². The second-order valence-corrected chi connectivity index (χ2v) is 6.07. The Bertz CT molecular complexity index is 538. The van der Waals surface area contributed by atoms with Gasteiger partial charge >= 0.3 is 0 Å². The Morgan fingerprint density at radius 3 is 2.60 bits per heavy atom. The van der Waals surface area contributed by atoms with E-state index in [1.807, 2.05) is 31.2 Å². The molecule has 5 heteroatoms. The molecule has 1 atom stereocenters. The number of benzene rings is 1. The molecule has 0 radical (unpaired) electrons. The van der Waals surface area contributed by atoms with E-state index in [0.717, 1.165) is 23.5 Å². The summed E-state index contributed by atoms with van der Waals surface area (Å²) in [5.41, 5.74) is 7.80. The molecule has 0 aliphatic heterocycles. The maximum absolute atomic E-state index is 10.3. The first-order valence-electron chi connectivity index (χ1n) is 6.75. The van der Waals surface area contributed by atoms with Gasteiger partial charge in [0.1, 0.15) is 0 Å². The fourth-order valence-electron chi connectivity index (χ4n) is 2.06. The van der Waals surface area contributed by atoms with Crippen molar-refractivity contribution in [1.82, 2.24) is 9.88 Å². The third-order valence-corrected chi connectivity index (χ3v) is 4.10. The molecule has 1 aromatic carbocycles. The molecule has 2 aromatic rings. The van der Waals surface area contributed by atoms with Crippen molar-refractivity contribution in [2.45, 2.75) is 26.5 Å². The number of aromatic nitrogens is 1. The van der Waals surface area contributed by atoms with Crippen molar-refractivity contribution in [2.75, 3.05) is 18.8 Å². The molecule has 0 aliphatic carbocycles. The SMILES string of the molecule is CCN(Cc1cnc(N)s1)CC(O)c1ccc(C)cc1. The van der Waals surface area contributed by atoms with E-state index in [9.17, 15) is 5.11 Å². The monoisotopic (exact) mass is 291 g/mol. The average Bonchev–Trinajstić information content (AvgIpc) is 2.84. The molecule has 0 saturated heterocycles. The highest BCUT2D eigenvalue weighted by Crippen LogP contribution is 2.19. The van der Waals surface area contributed by atoms with Gasteiger partial charge in [-0.15, -0.1) is 11.3 Å². The highest BCUT2D eigenvalue weighted by Gasteiger charge is 2.13. The van der Waals surface area contributed by atoms with Crippen molar-refractivity contribution >= 4 is 16.5 Å². The maximum atomic E-state index is 10.3. The molecule has 1 unspecified atom stereocenters. The van der Waals surface area contributed by atoms with Crippen molar-refractivity contribution < 1.29 is 5.11 Å². The molecule has 0 spiro atoms. The lowest BCUT2D eigenvalue weighted by Gasteiger charge is -2.23. The number of anilines is 1. The fourth-order valence-corrected chi connectivity index (χ4v) is 2.79. The Labute approximate surface area is 123 Å². The minimum atomic E-state index is -0.471. The molecule has 108 valence electrons. The van der Waals surface area contributed by atoms with E-state index >= 15 is 0 Å². The zero-order valence-electron chi connectivity index (χ0n) is 11.9. The molecule has 3 N–H and O–H groups in total. The first-order valence-corrected chi connectivity index (χ1v) is 7.57. The van der Waals surface area contributed by atoms with Crippen LogP contribution in [-0.2, 0) is 6.54 Å². The van der Waals surface area contributed by atoms with Crippen LogP contribution in [-0.4, -0.2) is 28.1 Å². The van der Waals surface area contributed by atoms with E-state index in [2.05, 4.69) is 16.8 Å². The summed E-state index contributed by atoms with van der Waals surface area (Å²) in [6.45, 7) is 6.39. The van der Waals surface area contributed by atoms with E-state index in [1.165, 1.54) is 16.9 Å². The number of nitrogen functional groups attached to an aromatic ring is 1. The number of aliphatic hydroxyl groups excluding tert-OH is 1. The van der Waals surface area contributed by atoms with Gasteiger partial charge in [-0.05, 0) is 19.0 Å². The first-order chi connectivity index (χ1) is 9.58. The molecule has 0 fully saturated rings. The number of thiazole rings is 1. The molecule has 0 amide bonds. The lowest BCUT2D eigenvalue weighted by Crippen LogP contribution is -2.27. The predicted octanol–water partition coefficient (Wildman–Crippen LogP) is 2.59. The van der Waals surface area contributed by atoms with Gasteiger partial charge in [0.2, 0.25) is 0 Å². The van der Waals surface area contributed by atoms with Crippen molar-refractivity contribution in [3.63, 3.8) is 0 Å². The summed E-state index contributed by atoms with van der Waals surface area (Å²) >= 11 is 1.50. The van der Waals surface area contributed by atoms with Crippen LogP contribution in [0.5, 0.6) is 0 Å². The number of nitrogens with zero attached hydrogens (tertiary/aromatic N) is 2. The molecule has 1 aromatic heterocycles. The van der Waals surface area contributed by atoms with Gasteiger partial charge in [-0.1, -0.05) is 36.8 Å². The van der Waals surface area contributed by atoms with E-state index in [1.54, 1.807) is 6.20 Å². The van der Waals surface area contributed by atoms with Gasteiger partial charge in [0.15, 0.2) is 5.13 Å². The smallest absolute Gasteiger partial charge is 0.180 e. The van der Waals surface area contributed by atoms with Crippen LogP contribution in [0.25, 0.3) is 0 Å². The van der Waals surface area contributed by atoms with Crippen LogP contribution in [0.2, 0.25) is 0 Å². The molecule has 0 aliphatic rings. The molecule has 4 nitrogen and oxygen atoms in total. The van der Waals surface area contributed by atoms with Gasteiger partial charge in [0.25, 0.3) is 0 Å². The van der Waals surface area contributed by atoms with Gasteiger partial charge in [-0.3, -0.25) is 4.90 Å². The quantitative estimate of drug-likeness (QED) is 0.858. The molecule has 1 heterocycles. The van der Waals surface area contributed by atoms with Crippen LogP contribution in [0.4, 0.5) is 5.13 Å². The molecule has 20 heavy (non-hydrogen) atoms. The average molecular weight is 291 g/mol. The Kier molecular flexibility index (Phi) is 5.11.